The summed E-state index contributed by atoms with van der Waals surface area (Å²) in [7, 11) is 1.35. The van der Waals surface area contributed by atoms with Crippen LogP contribution < -0.4 is 4.74 Å². The fraction of sp³-hybridized carbons (Fsp3) is 0.364. The van der Waals surface area contributed by atoms with Crippen LogP contribution in [0.25, 0.3) is 4.85 Å². The number of para-hydroxylation sites is 1. The maximum Gasteiger partial charge on any atom is 0.283 e. The lowest BCUT2D eigenvalue weighted by Crippen LogP contribution is -2.15. The third-order valence-corrected chi connectivity index (χ3v) is 2.04. The predicted octanol–water partition coefficient (Wildman–Crippen LogP) is 3.10. The summed E-state index contributed by atoms with van der Waals surface area (Å²) in [5, 5.41) is 0. The first-order chi connectivity index (χ1) is 7.11. The standard InChI is InChI=1S/C11H11F2NO/c1-14-8-7-11(12,13)9-5-3-4-6-10(9)15-2/h3-6H,7-8H2,2H3. The first kappa shape index (κ1) is 11.4. The van der Waals surface area contributed by atoms with Crippen LogP contribution >= 0.6 is 0 Å². The van der Waals surface area contributed by atoms with E-state index in [1.807, 2.05) is 0 Å². The van der Waals surface area contributed by atoms with E-state index in [1.54, 1.807) is 6.07 Å². The van der Waals surface area contributed by atoms with Crippen molar-refractivity contribution in [2.75, 3.05) is 13.7 Å². The predicted molar refractivity (Wildman–Crippen MR) is 53.0 cm³/mol. The van der Waals surface area contributed by atoms with E-state index in [2.05, 4.69) is 4.85 Å². The number of hydrogen-bond acceptors (Lipinski definition) is 1. The molecule has 0 aliphatic carbocycles. The average molecular weight is 211 g/mol. The Morgan fingerprint density at radius 3 is 2.67 bits per heavy atom. The summed E-state index contributed by atoms with van der Waals surface area (Å²) in [5.74, 6) is -2.84. The highest BCUT2D eigenvalue weighted by Gasteiger charge is 2.35. The minimum Gasteiger partial charge on any atom is -0.496 e. The lowest BCUT2D eigenvalue weighted by Gasteiger charge is -2.16. The van der Waals surface area contributed by atoms with Crippen molar-refractivity contribution < 1.29 is 13.5 Å². The topological polar surface area (TPSA) is 13.6 Å². The van der Waals surface area contributed by atoms with Crippen molar-refractivity contribution in [3.8, 4) is 5.75 Å². The lowest BCUT2D eigenvalue weighted by molar-refractivity contribution is -0.0110. The van der Waals surface area contributed by atoms with E-state index in [0.717, 1.165) is 0 Å². The third-order valence-electron chi connectivity index (χ3n) is 2.04. The summed E-state index contributed by atoms with van der Waals surface area (Å²) in [6.07, 6.45) is -0.475. The van der Waals surface area contributed by atoms with Crippen molar-refractivity contribution >= 4 is 0 Å². The molecule has 0 amide bonds. The molecule has 4 heteroatoms. The van der Waals surface area contributed by atoms with Crippen LogP contribution in [0.15, 0.2) is 24.3 Å². The van der Waals surface area contributed by atoms with Crippen molar-refractivity contribution in [3.05, 3.63) is 41.2 Å². The van der Waals surface area contributed by atoms with Gasteiger partial charge in [-0.25, -0.2) is 15.4 Å². The number of rotatable bonds is 4. The van der Waals surface area contributed by atoms with E-state index in [1.165, 1.54) is 25.3 Å². The average Bonchev–Trinajstić information content (AvgIpc) is 2.26. The number of methoxy groups -OCH3 is 1. The van der Waals surface area contributed by atoms with E-state index >= 15 is 0 Å². The molecule has 0 aliphatic rings. The smallest absolute Gasteiger partial charge is 0.283 e. The maximum absolute atomic E-state index is 13.6. The zero-order valence-corrected chi connectivity index (χ0v) is 8.34. The fourth-order valence-electron chi connectivity index (χ4n) is 1.28. The summed E-state index contributed by atoms with van der Waals surface area (Å²) in [4.78, 5) is 2.93. The summed E-state index contributed by atoms with van der Waals surface area (Å²) in [5.41, 5.74) is -0.156. The van der Waals surface area contributed by atoms with Crippen LogP contribution in [0.1, 0.15) is 12.0 Å². The molecule has 0 spiro atoms. The SMILES string of the molecule is [C-]#[N+]CCC(F)(F)c1ccccc1OC. The summed E-state index contributed by atoms with van der Waals surface area (Å²) < 4.78 is 32.0. The number of benzene rings is 1. The molecule has 0 unspecified atom stereocenters. The van der Waals surface area contributed by atoms with Crippen LogP contribution in [-0.4, -0.2) is 13.7 Å². The van der Waals surface area contributed by atoms with Crippen molar-refractivity contribution in [2.24, 2.45) is 0 Å². The van der Waals surface area contributed by atoms with Gasteiger partial charge < -0.3 is 9.58 Å². The molecule has 1 aromatic carbocycles. The molecule has 0 atom stereocenters. The Balaban J connectivity index is 2.98. The van der Waals surface area contributed by atoms with Gasteiger partial charge in [-0.3, -0.25) is 0 Å². The van der Waals surface area contributed by atoms with Crippen LogP contribution in [0, 0.1) is 6.57 Å². The fourth-order valence-corrected chi connectivity index (χ4v) is 1.28. The molecule has 0 fully saturated rings. The lowest BCUT2D eigenvalue weighted by atomic mass is 10.0. The molecular weight excluding hydrogens is 200 g/mol. The minimum atomic E-state index is -3.00. The second-order valence-corrected chi connectivity index (χ2v) is 3.04. The van der Waals surface area contributed by atoms with Gasteiger partial charge in [0.25, 0.3) is 5.92 Å². The Hall–Kier alpha value is -1.63. The second kappa shape index (κ2) is 4.74. The van der Waals surface area contributed by atoms with Gasteiger partial charge >= 0.3 is 0 Å². The molecular formula is C11H11F2NO. The highest BCUT2D eigenvalue weighted by Crippen LogP contribution is 2.37. The molecule has 0 aliphatic heterocycles. The quantitative estimate of drug-likeness (QED) is 0.698. The Morgan fingerprint density at radius 2 is 2.07 bits per heavy atom. The number of halogens is 2. The molecule has 0 radical (unpaired) electrons. The van der Waals surface area contributed by atoms with Crippen molar-refractivity contribution in [2.45, 2.75) is 12.3 Å². The van der Waals surface area contributed by atoms with Crippen molar-refractivity contribution in [3.63, 3.8) is 0 Å². The normalized spacial score (nSPS) is 10.8. The largest absolute Gasteiger partial charge is 0.496 e. The highest BCUT2D eigenvalue weighted by atomic mass is 19.3. The van der Waals surface area contributed by atoms with E-state index in [-0.39, 0.29) is 17.9 Å². The molecule has 1 rings (SSSR count). The molecule has 15 heavy (non-hydrogen) atoms. The van der Waals surface area contributed by atoms with E-state index in [4.69, 9.17) is 11.3 Å². The number of alkyl halides is 2. The number of ether oxygens (including phenoxy) is 1. The second-order valence-electron chi connectivity index (χ2n) is 3.04. The van der Waals surface area contributed by atoms with E-state index in [0.29, 0.717) is 0 Å². The van der Waals surface area contributed by atoms with Gasteiger partial charge in [-0.05, 0) is 12.1 Å². The molecule has 0 N–H and O–H groups in total. The summed E-state index contributed by atoms with van der Waals surface area (Å²) >= 11 is 0. The molecule has 0 saturated carbocycles. The molecule has 0 aromatic heterocycles. The minimum absolute atomic E-state index is 0.156. The number of hydrogen-bond donors (Lipinski definition) is 0. The Bertz CT molecular complexity index is 371. The van der Waals surface area contributed by atoms with Crippen molar-refractivity contribution in [1.29, 1.82) is 0 Å². The van der Waals surface area contributed by atoms with Crippen molar-refractivity contribution in [1.82, 2.24) is 0 Å². The van der Waals surface area contributed by atoms with Crippen LogP contribution in [0.3, 0.4) is 0 Å². The highest BCUT2D eigenvalue weighted by molar-refractivity contribution is 5.36. The van der Waals surface area contributed by atoms with Crippen LogP contribution in [0.5, 0.6) is 5.75 Å². The third kappa shape index (κ3) is 2.66. The molecule has 80 valence electrons. The molecule has 0 bridgehead atoms. The molecule has 2 nitrogen and oxygen atoms in total. The maximum atomic E-state index is 13.6. The molecule has 0 saturated heterocycles. The zero-order valence-electron chi connectivity index (χ0n) is 8.34. The van der Waals surface area contributed by atoms with Crippen LogP contribution in [-0.2, 0) is 5.92 Å². The van der Waals surface area contributed by atoms with Gasteiger partial charge in [0.15, 0.2) is 0 Å². The summed E-state index contributed by atoms with van der Waals surface area (Å²) in [6.45, 7) is 6.31. The van der Waals surface area contributed by atoms with Gasteiger partial charge in [0.2, 0.25) is 6.54 Å². The van der Waals surface area contributed by atoms with E-state index in [9.17, 15) is 8.78 Å². The Kier molecular flexibility index (Phi) is 3.62. The molecule has 0 heterocycles. The zero-order chi connectivity index (χ0) is 11.3. The van der Waals surface area contributed by atoms with Crippen LogP contribution in [0.4, 0.5) is 8.78 Å². The van der Waals surface area contributed by atoms with Gasteiger partial charge in [0.05, 0.1) is 19.1 Å². The first-order valence-corrected chi connectivity index (χ1v) is 4.46. The van der Waals surface area contributed by atoms with Gasteiger partial charge in [-0.15, -0.1) is 0 Å². The van der Waals surface area contributed by atoms with Gasteiger partial charge in [-0.2, -0.15) is 0 Å². The van der Waals surface area contributed by atoms with Crippen LogP contribution in [0.2, 0.25) is 0 Å². The van der Waals surface area contributed by atoms with Gasteiger partial charge in [0, 0.05) is 0 Å². The van der Waals surface area contributed by atoms with Gasteiger partial charge in [-0.1, -0.05) is 12.1 Å². The Labute approximate surface area is 87.3 Å². The first-order valence-electron chi connectivity index (χ1n) is 4.46. The van der Waals surface area contributed by atoms with E-state index < -0.39 is 12.3 Å². The Morgan fingerprint density at radius 1 is 1.40 bits per heavy atom. The monoisotopic (exact) mass is 211 g/mol. The molecule has 1 aromatic rings. The summed E-state index contributed by atoms with van der Waals surface area (Å²) in [6, 6.07) is 5.97. The number of nitrogens with zero attached hydrogens (tertiary/aromatic N) is 1. The van der Waals surface area contributed by atoms with Gasteiger partial charge in [0.1, 0.15) is 5.75 Å².